The highest BCUT2D eigenvalue weighted by molar-refractivity contribution is 5.84. The number of aryl methyl sites for hydroxylation is 1. The van der Waals surface area contributed by atoms with E-state index in [1.165, 1.54) is 78.8 Å². The average molecular weight is 471 g/mol. The van der Waals surface area contributed by atoms with Crippen LogP contribution in [0, 0.1) is 6.92 Å². The Labute approximate surface area is 208 Å². The molecule has 1 saturated heterocycles. The van der Waals surface area contributed by atoms with Gasteiger partial charge in [0.15, 0.2) is 0 Å². The minimum atomic E-state index is 0.250. The second-order valence-electron chi connectivity index (χ2n) is 9.55. The molecule has 35 heavy (non-hydrogen) atoms. The molecule has 2 heterocycles. The van der Waals surface area contributed by atoms with Gasteiger partial charge in [0.2, 0.25) is 0 Å². The van der Waals surface area contributed by atoms with E-state index in [1.54, 1.807) is 0 Å². The van der Waals surface area contributed by atoms with Crippen LogP contribution in [0.1, 0.15) is 53.9 Å². The summed E-state index contributed by atoms with van der Waals surface area (Å²) in [6, 6.07) is 17.4. The first kappa shape index (κ1) is 24.8. The van der Waals surface area contributed by atoms with Crippen molar-refractivity contribution in [1.29, 1.82) is 0 Å². The molecule has 5 rings (SSSR count). The molecule has 0 bridgehead atoms. The van der Waals surface area contributed by atoms with Gasteiger partial charge in [0.05, 0.1) is 5.69 Å². The first-order chi connectivity index (χ1) is 17.1. The molecule has 0 spiro atoms. The van der Waals surface area contributed by atoms with Crippen LogP contribution in [0.25, 0.3) is 11.1 Å². The maximum Gasteiger partial charge on any atom is 0.373 e. The number of nitrogens with zero attached hydrogens (tertiary/aromatic N) is 4. The van der Waals surface area contributed by atoms with E-state index in [0.717, 1.165) is 31.0 Å². The Bertz CT molecular complexity index is 1170. The standard InChI is InChI=1S/C28H34N4.CO2/c1-21-12-13-24-23(18-21)20-25-27(24)28(30-26(29-25)19-22-10-5-3-6-11-22)31(2)14-9-17-32-15-7-4-8-16-32;2-1-3/h3,5-6,10-13,18H,4,7-9,14-17,19-20H2,1-2H3;. The molecule has 6 nitrogen and oxygen atoms in total. The van der Waals surface area contributed by atoms with Crippen molar-refractivity contribution in [3.63, 3.8) is 0 Å². The smallest absolute Gasteiger partial charge is 0.359 e. The first-order valence-electron chi connectivity index (χ1n) is 12.6. The monoisotopic (exact) mass is 470 g/mol. The molecule has 1 fully saturated rings. The highest BCUT2D eigenvalue weighted by atomic mass is 16.2. The lowest BCUT2D eigenvalue weighted by molar-refractivity contribution is -0.191. The van der Waals surface area contributed by atoms with Crippen LogP contribution in [0.2, 0.25) is 0 Å². The Hall–Kier alpha value is -3.34. The molecule has 0 saturated carbocycles. The van der Waals surface area contributed by atoms with Crippen molar-refractivity contribution in [1.82, 2.24) is 14.9 Å². The van der Waals surface area contributed by atoms with Crippen molar-refractivity contribution in [3.8, 4) is 11.1 Å². The van der Waals surface area contributed by atoms with Gasteiger partial charge in [-0.15, -0.1) is 0 Å². The zero-order chi connectivity index (χ0) is 24.6. The fraction of sp³-hybridized carbons (Fsp3) is 0.414. The zero-order valence-corrected chi connectivity index (χ0v) is 20.8. The number of rotatable bonds is 7. The molecule has 0 radical (unpaired) electrons. The topological polar surface area (TPSA) is 66.4 Å². The molecule has 1 aromatic heterocycles. The summed E-state index contributed by atoms with van der Waals surface area (Å²) >= 11 is 0. The molecule has 0 amide bonds. The van der Waals surface area contributed by atoms with Gasteiger partial charge in [-0.05, 0) is 62.5 Å². The predicted octanol–water partition coefficient (Wildman–Crippen LogP) is 4.68. The van der Waals surface area contributed by atoms with Crippen molar-refractivity contribution in [2.45, 2.75) is 45.4 Å². The maximum atomic E-state index is 8.12. The summed E-state index contributed by atoms with van der Waals surface area (Å²) in [5.74, 6) is 2.03. The lowest BCUT2D eigenvalue weighted by Gasteiger charge is -2.28. The number of likely N-dealkylation sites (tertiary alicyclic amines) is 1. The van der Waals surface area contributed by atoms with E-state index in [-0.39, 0.29) is 6.15 Å². The van der Waals surface area contributed by atoms with Gasteiger partial charge in [0, 0.05) is 32.0 Å². The lowest BCUT2D eigenvalue weighted by Crippen LogP contribution is -2.33. The average Bonchev–Trinajstić information content (AvgIpc) is 3.22. The van der Waals surface area contributed by atoms with Crippen LogP contribution < -0.4 is 4.90 Å². The SMILES string of the molecule is Cc1ccc2c(c1)Cc1nc(Cc3ccccc3)nc(N(C)CCCN3CCCCC3)c1-2.O=C=O. The van der Waals surface area contributed by atoms with E-state index in [4.69, 9.17) is 19.6 Å². The van der Waals surface area contributed by atoms with Gasteiger partial charge in [-0.25, -0.2) is 9.97 Å². The molecule has 2 aromatic carbocycles. The Balaban J connectivity index is 0.000000917. The van der Waals surface area contributed by atoms with Crippen LogP contribution in [-0.2, 0) is 22.4 Å². The van der Waals surface area contributed by atoms with Gasteiger partial charge >= 0.3 is 6.15 Å². The summed E-state index contributed by atoms with van der Waals surface area (Å²) in [5, 5.41) is 0. The number of carbonyl (C=O) groups excluding carboxylic acids is 2. The molecular formula is C29H34N4O2. The number of anilines is 1. The molecule has 0 atom stereocenters. The van der Waals surface area contributed by atoms with E-state index in [0.29, 0.717) is 0 Å². The number of aromatic nitrogens is 2. The molecule has 2 aliphatic rings. The van der Waals surface area contributed by atoms with Crippen LogP contribution in [0.15, 0.2) is 48.5 Å². The minimum absolute atomic E-state index is 0.250. The van der Waals surface area contributed by atoms with Crippen molar-refractivity contribution in [2.24, 2.45) is 0 Å². The van der Waals surface area contributed by atoms with Crippen LogP contribution in [0.3, 0.4) is 0 Å². The van der Waals surface area contributed by atoms with E-state index < -0.39 is 0 Å². The van der Waals surface area contributed by atoms with E-state index >= 15 is 0 Å². The summed E-state index contributed by atoms with van der Waals surface area (Å²) in [6.07, 6.45) is 7.21. The third kappa shape index (κ3) is 6.21. The lowest BCUT2D eigenvalue weighted by atomic mass is 10.0. The van der Waals surface area contributed by atoms with Gasteiger partial charge in [0.25, 0.3) is 0 Å². The van der Waals surface area contributed by atoms with Gasteiger partial charge in [0.1, 0.15) is 11.6 Å². The van der Waals surface area contributed by atoms with Gasteiger partial charge in [-0.3, -0.25) is 0 Å². The third-order valence-corrected chi connectivity index (χ3v) is 6.88. The molecule has 182 valence electrons. The van der Waals surface area contributed by atoms with Crippen molar-refractivity contribution in [3.05, 3.63) is 76.7 Å². The number of fused-ring (bicyclic) bond motifs is 3. The molecule has 0 unspecified atom stereocenters. The summed E-state index contributed by atoms with van der Waals surface area (Å²) in [6.45, 7) is 6.90. The van der Waals surface area contributed by atoms with E-state index in [9.17, 15) is 0 Å². The minimum Gasteiger partial charge on any atom is -0.359 e. The zero-order valence-electron chi connectivity index (χ0n) is 20.8. The summed E-state index contributed by atoms with van der Waals surface area (Å²) in [5.41, 5.74) is 7.70. The molecule has 1 aliphatic heterocycles. The third-order valence-electron chi connectivity index (χ3n) is 6.88. The molecular weight excluding hydrogens is 436 g/mol. The maximum absolute atomic E-state index is 8.12. The first-order valence-corrected chi connectivity index (χ1v) is 12.6. The number of hydrogen-bond acceptors (Lipinski definition) is 6. The molecule has 1 aliphatic carbocycles. The molecule has 0 N–H and O–H groups in total. The normalized spacial score (nSPS) is 14.3. The van der Waals surface area contributed by atoms with Crippen molar-refractivity contribution < 1.29 is 9.59 Å². The largest absolute Gasteiger partial charge is 0.373 e. The van der Waals surface area contributed by atoms with Gasteiger partial charge in [-0.2, -0.15) is 9.59 Å². The molecule has 3 aromatic rings. The quantitative estimate of drug-likeness (QED) is 0.391. The number of piperidine rings is 1. The fourth-order valence-corrected chi connectivity index (χ4v) is 5.19. The van der Waals surface area contributed by atoms with Crippen LogP contribution in [0.4, 0.5) is 5.82 Å². The molecule has 6 heteroatoms. The Morgan fingerprint density at radius 2 is 1.74 bits per heavy atom. The number of benzene rings is 2. The predicted molar refractivity (Wildman–Crippen MR) is 137 cm³/mol. The summed E-state index contributed by atoms with van der Waals surface area (Å²) in [7, 11) is 2.21. The second-order valence-corrected chi connectivity index (χ2v) is 9.55. The van der Waals surface area contributed by atoms with Crippen LogP contribution in [0.5, 0.6) is 0 Å². The van der Waals surface area contributed by atoms with E-state index in [1.807, 2.05) is 0 Å². The fourth-order valence-electron chi connectivity index (χ4n) is 5.19. The van der Waals surface area contributed by atoms with Gasteiger partial charge < -0.3 is 9.80 Å². The Kier molecular flexibility index (Phi) is 8.40. The Morgan fingerprint density at radius 3 is 2.49 bits per heavy atom. The van der Waals surface area contributed by atoms with Crippen molar-refractivity contribution in [2.75, 3.05) is 38.1 Å². The van der Waals surface area contributed by atoms with Crippen LogP contribution >= 0.6 is 0 Å². The highest BCUT2D eigenvalue weighted by Gasteiger charge is 2.27. The second kappa shape index (κ2) is 11.9. The number of hydrogen-bond donors (Lipinski definition) is 0. The van der Waals surface area contributed by atoms with E-state index in [2.05, 4.69) is 72.3 Å². The highest BCUT2D eigenvalue weighted by Crippen LogP contribution is 2.41. The van der Waals surface area contributed by atoms with Crippen LogP contribution in [-0.4, -0.2) is 54.2 Å². The Morgan fingerprint density at radius 1 is 1.00 bits per heavy atom. The van der Waals surface area contributed by atoms with Crippen molar-refractivity contribution >= 4 is 12.0 Å². The van der Waals surface area contributed by atoms with Gasteiger partial charge in [-0.1, -0.05) is 60.5 Å². The summed E-state index contributed by atoms with van der Waals surface area (Å²) in [4.78, 5) is 31.4. The summed E-state index contributed by atoms with van der Waals surface area (Å²) < 4.78 is 0.